The van der Waals surface area contributed by atoms with Gasteiger partial charge in [-0.3, -0.25) is 4.79 Å². The van der Waals surface area contributed by atoms with Gasteiger partial charge in [0.25, 0.3) is 0 Å². The van der Waals surface area contributed by atoms with Gasteiger partial charge >= 0.3 is 0 Å². The molecule has 1 unspecified atom stereocenters. The molecule has 5 rings (SSSR count). The number of aryl methyl sites for hydroxylation is 1. The Morgan fingerprint density at radius 1 is 1.04 bits per heavy atom. The number of carbonyl (C=O) groups is 1. The zero-order valence-electron chi connectivity index (χ0n) is 15.4. The van der Waals surface area contributed by atoms with Crippen LogP contribution >= 0.6 is 11.6 Å². The molecular weight excluding hydrogens is 368 g/mol. The van der Waals surface area contributed by atoms with Crippen LogP contribution in [0.25, 0.3) is 10.8 Å². The summed E-state index contributed by atoms with van der Waals surface area (Å²) in [6, 6.07) is 18.0. The highest BCUT2D eigenvalue weighted by Gasteiger charge is 2.34. The molecule has 0 amide bonds. The Morgan fingerprint density at radius 2 is 1.86 bits per heavy atom. The van der Waals surface area contributed by atoms with Gasteiger partial charge in [0.05, 0.1) is 5.39 Å². The third-order valence-electron chi connectivity index (χ3n) is 5.55. The molecule has 2 aromatic carbocycles. The van der Waals surface area contributed by atoms with E-state index in [0.717, 1.165) is 35.9 Å². The van der Waals surface area contributed by atoms with Gasteiger partial charge in [0.2, 0.25) is 11.8 Å². The molecule has 2 aromatic heterocycles. The second-order valence-corrected chi connectivity index (χ2v) is 7.88. The maximum atomic E-state index is 13.1. The van der Waals surface area contributed by atoms with E-state index in [4.69, 9.17) is 11.6 Å². The molecule has 0 saturated carbocycles. The van der Waals surface area contributed by atoms with E-state index in [1.54, 1.807) is 6.07 Å². The van der Waals surface area contributed by atoms with Crippen LogP contribution in [-0.4, -0.2) is 10.4 Å². The van der Waals surface area contributed by atoms with Crippen molar-refractivity contribution in [2.24, 2.45) is 0 Å². The van der Waals surface area contributed by atoms with Gasteiger partial charge in [0.1, 0.15) is 0 Å². The van der Waals surface area contributed by atoms with Crippen molar-refractivity contribution < 1.29 is 9.36 Å². The van der Waals surface area contributed by atoms with Crippen molar-refractivity contribution in [3.8, 4) is 0 Å². The standard InChI is InChI=1S/C24H20ClN2O/c25-21-8-6-18-7-9-23(24(28)22(18)12-21)27-11-10-19-14-26(15-20(19)16-27)13-17-4-2-1-3-5-17/h1-6,8,10-12,14-16,23H,7,9,13H2/q+1. The molecule has 138 valence electrons. The summed E-state index contributed by atoms with van der Waals surface area (Å²) in [5.41, 5.74) is 3.13. The molecule has 0 bridgehead atoms. The van der Waals surface area contributed by atoms with E-state index in [1.165, 1.54) is 10.9 Å². The van der Waals surface area contributed by atoms with Gasteiger partial charge in [-0.2, -0.15) is 4.57 Å². The molecule has 0 fully saturated rings. The first-order valence-electron chi connectivity index (χ1n) is 9.54. The number of rotatable bonds is 3. The van der Waals surface area contributed by atoms with Crippen molar-refractivity contribution in [3.05, 3.63) is 101 Å². The van der Waals surface area contributed by atoms with Crippen LogP contribution in [0.4, 0.5) is 0 Å². The van der Waals surface area contributed by atoms with Crippen molar-refractivity contribution in [1.82, 2.24) is 4.57 Å². The van der Waals surface area contributed by atoms with E-state index in [-0.39, 0.29) is 11.8 Å². The van der Waals surface area contributed by atoms with E-state index in [0.29, 0.717) is 5.02 Å². The monoisotopic (exact) mass is 387 g/mol. The highest BCUT2D eigenvalue weighted by Crippen LogP contribution is 2.28. The highest BCUT2D eigenvalue weighted by molar-refractivity contribution is 6.31. The van der Waals surface area contributed by atoms with Crippen molar-refractivity contribution >= 4 is 28.2 Å². The zero-order chi connectivity index (χ0) is 19.1. The molecule has 28 heavy (non-hydrogen) atoms. The van der Waals surface area contributed by atoms with Gasteiger partial charge in [-0.1, -0.05) is 48.0 Å². The van der Waals surface area contributed by atoms with Gasteiger partial charge in [0.15, 0.2) is 12.4 Å². The van der Waals surface area contributed by atoms with Crippen LogP contribution < -0.4 is 4.57 Å². The minimum atomic E-state index is -0.173. The molecule has 4 aromatic rings. The molecule has 1 aliphatic rings. The topological polar surface area (TPSA) is 25.9 Å². The van der Waals surface area contributed by atoms with Crippen LogP contribution in [0.5, 0.6) is 0 Å². The lowest BCUT2D eigenvalue weighted by Gasteiger charge is -2.19. The van der Waals surface area contributed by atoms with Crippen molar-refractivity contribution in [3.63, 3.8) is 0 Å². The van der Waals surface area contributed by atoms with Crippen molar-refractivity contribution in [2.45, 2.75) is 25.4 Å². The Labute approximate surface area is 168 Å². The van der Waals surface area contributed by atoms with Crippen molar-refractivity contribution in [1.29, 1.82) is 0 Å². The maximum Gasteiger partial charge on any atom is 0.230 e. The van der Waals surface area contributed by atoms with E-state index in [1.807, 2.05) is 24.4 Å². The number of ketones is 1. The van der Waals surface area contributed by atoms with E-state index in [2.05, 4.69) is 58.1 Å². The summed E-state index contributed by atoms with van der Waals surface area (Å²) in [7, 11) is 0. The number of pyridine rings is 1. The van der Waals surface area contributed by atoms with Crippen LogP contribution in [0.2, 0.25) is 5.02 Å². The van der Waals surface area contributed by atoms with Gasteiger partial charge < -0.3 is 4.57 Å². The Hall–Kier alpha value is -2.91. The van der Waals surface area contributed by atoms with Crippen LogP contribution in [0, 0.1) is 0 Å². The number of halogens is 1. The van der Waals surface area contributed by atoms with E-state index >= 15 is 0 Å². The Morgan fingerprint density at radius 3 is 2.71 bits per heavy atom. The average Bonchev–Trinajstić information content (AvgIpc) is 3.11. The van der Waals surface area contributed by atoms with Crippen LogP contribution in [0.1, 0.15) is 33.9 Å². The lowest BCUT2D eigenvalue weighted by Crippen LogP contribution is -2.45. The molecule has 0 spiro atoms. The smallest absolute Gasteiger partial charge is 0.230 e. The molecule has 4 heteroatoms. The largest absolute Gasteiger partial charge is 0.348 e. The number of Topliss-reactive ketones (excluding diaryl/α,β-unsaturated/α-hetero) is 1. The summed E-state index contributed by atoms with van der Waals surface area (Å²) in [5, 5.41) is 2.94. The molecular formula is C24H20ClN2O+. The van der Waals surface area contributed by atoms with E-state index in [9.17, 15) is 4.79 Å². The molecule has 2 heterocycles. The minimum Gasteiger partial charge on any atom is -0.348 e. The fourth-order valence-electron chi connectivity index (χ4n) is 4.12. The summed E-state index contributed by atoms with van der Waals surface area (Å²) in [5.74, 6) is 0.150. The summed E-state index contributed by atoms with van der Waals surface area (Å²) in [6.45, 7) is 0.837. The summed E-state index contributed by atoms with van der Waals surface area (Å²) in [6.07, 6.45) is 10.1. The third-order valence-corrected chi connectivity index (χ3v) is 5.79. The predicted molar refractivity (Wildman–Crippen MR) is 111 cm³/mol. The number of benzene rings is 2. The molecule has 0 N–H and O–H groups in total. The van der Waals surface area contributed by atoms with Gasteiger partial charge in [-0.25, -0.2) is 0 Å². The Kier molecular flexibility index (Phi) is 4.25. The summed E-state index contributed by atoms with van der Waals surface area (Å²) >= 11 is 6.12. The fourth-order valence-corrected chi connectivity index (χ4v) is 4.30. The lowest BCUT2D eigenvalue weighted by atomic mass is 9.87. The SMILES string of the molecule is O=C1c2cc(Cl)ccc2CCC1[n+]1ccc2cn(Cc3ccccc3)cc2c1. The number of hydrogen-bond acceptors (Lipinski definition) is 1. The first-order chi connectivity index (χ1) is 13.7. The van der Waals surface area contributed by atoms with Gasteiger partial charge in [0, 0.05) is 47.4 Å². The first-order valence-corrected chi connectivity index (χ1v) is 9.92. The molecule has 3 nitrogen and oxygen atoms in total. The molecule has 0 radical (unpaired) electrons. The first kappa shape index (κ1) is 17.2. The lowest BCUT2D eigenvalue weighted by molar-refractivity contribution is -0.707. The second-order valence-electron chi connectivity index (χ2n) is 7.44. The van der Waals surface area contributed by atoms with Crippen LogP contribution in [0.15, 0.2) is 79.4 Å². The summed E-state index contributed by atoms with van der Waals surface area (Å²) in [4.78, 5) is 13.1. The number of fused-ring (bicyclic) bond motifs is 2. The predicted octanol–water partition coefficient (Wildman–Crippen LogP) is 5.00. The van der Waals surface area contributed by atoms with Gasteiger partial charge in [-0.15, -0.1) is 0 Å². The fraction of sp³-hybridized carbons (Fsp3) is 0.167. The van der Waals surface area contributed by atoms with Gasteiger partial charge in [-0.05, 0) is 29.7 Å². The molecule has 0 aliphatic heterocycles. The number of nitrogens with zero attached hydrogens (tertiary/aromatic N) is 2. The highest BCUT2D eigenvalue weighted by atomic mass is 35.5. The number of aromatic nitrogens is 2. The zero-order valence-corrected chi connectivity index (χ0v) is 16.1. The van der Waals surface area contributed by atoms with Crippen LogP contribution in [-0.2, 0) is 13.0 Å². The molecule has 1 aliphatic carbocycles. The average molecular weight is 388 g/mol. The minimum absolute atomic E-state index is 0.150. The normalized spacial score (nSPS) is 16.3. The maximum absolute atomic E-state index is 13.1. The Balaban J connectivity index is 1.46. The molecule has 1 atom stereocenters. The second kappa shape index (κ2) is 6.92. The third kappa shape index (κ3) is 3.12. The number of carbonyl (C=O) groups excluding carboxylic acids is 1. The molecule has 0 saturated heterocycles. The quantitative estimate of drug-likeness (QED) is 0.454. The van der Waals surface area contributed by atoms with Crippen molar-refractivity contribution in [2.75, 3.05) is 0 Å². The van der Waals surface area contributed by atoms with Crippen LogP contribution in [0.3, 0.4) is 0 Å². The summed E-state index contributed by atoms with van der Waals surface area (Å²) < 4.78 is 4.25. The number of hydrogen-bond donors (Lipinski definition) is 0. The van der Waals surface area contributed by atoms with E-state index < -0.39 is 0 Å². The Bertz CT molecular complexity index is 1180.